The first-order chi connectivity index (χ1) is 10.1. The number of sulfone groups is 1. The van der Waals surface area contributed by atoms with Crippen LogP contribution >= 0.6 is 15.9 Å². The standard InChI is InChI=1S/C13H9BrF3NO3S/c1-8-2-7-11(12(14)18-8)21-9-3-5-10(6-4-9)22(19,20)13(15,16)17/h2-7H,1H3. The maximum Gasteiger partial charge on any atom is 0.501 e. The number of pyridine rings is 1. The van der Waals surface area contributed by atoms with E-state index in [4.69, 9.17) is 4.74 Å². The van der Waals surface area contributed by atoms with E-state index < -0.39 is 20.2 Å². The van der Waals surface area contributed by atoms with Gasteiger partial charge in [0.1, 0.15) is 10.4 Å². The Labute approximate surface area is 133 Å². The van der Waals surface area contributed by atoms with E-state index in [0.717, 1.165) is 30.0 Å². The number of ether oxygens (including phenoxy) is 1. The van der Waals surface area contributed by atoms with Crippen molar-refractivity contribution in [3.63, 3.8) is 0 Å². The second-order valence-corrected chi connectivity index (χ2v) is 6.96. The molecule has 2 rings (SSSR count). The van der Waals surface area contributed by atoms with Gasteiger partial charge in [-0.25, -0.2) is 13.4 Å². The Morgan fingerprint density at radius 1 is 1.09 bits per heavy atom. The lowest BCUT2D eigenvalue weighted by atomic mass is 10.3. The molecule has 0 aliphatic heterocycles. The summed E-state index contributed by atoms with van der Waals surface area (Å²) in [5, 5.41) is 0. The van der Waals surface area contributed by atoms with Gasteiger partial charge in [-0.15, -0.1) is 0 Å². The fourth-order valence-corrected chi connectivity index (χ4v) is 2.79. The van der Waals surface area contributed by atoms with Gasteiger partial charge in [-0.2, -0.15) is 13.2 Å². The number of rotatable bonds is 3. The number of halogens is 4. The van der Waals surface area contributed by atoms with E-state index in [1.165, 1.54) is 0 Å². The second kappa shape index (κ2) is 5.88. The molecule has 0 radical (unpaired) electrons. The minimum Gasteiger partial charge on any atom is -0.455 e. The zero-order valence-electron chi connectivity index (χ0n) is 11.1. The number of aromatic nitrogens is 1. The quantitative estimate of drug-likeness (QED) is 0.729. The van der Waals surface area contributed by atoms with Crippen LogP contribution in [0, 0.1) is 6.92 Å². The molecule has 118 valence electrons. The van der Waals surface area contributed by atoms with Crippen molar-refractivity contribution in [2.75, 3.05) is 0 Å². The van der Waals surface area contributed by atoms with Crippen LogP contribution in [-0.4, -0.2) is 18.9 Å². The average molecular weight is 396 g/mol. The lowest BCUT2D eigenvalue weighted by Gasteiger charge is -2.10. The number of alkyl halides is 3. The van der Waals surface area contributed by atoms with Crippen molar-refractivity contribution in [2.45, 2.75) is 17.3 Å². The molecular formula is C13H9BrF3NO3S. The smallest absolute Gasteiger partial charge is 0.455 e. The van der Waals surface area contributed by atoms with E-state index in [0.29, 0.717) is 10.4 Å². The highest BCUT2D eigenvalue weighted by atomic mass is 79.9. The molecule has 2 aromatic rings. The number of aryl methyl sites for hydroxylation is 1. The molecule has 0 saturated carbocycles. The second-order valence-electron chi connectivity index (χ2n) is 4.26. The van der Waals surface area contributed by atoms with Gasteiger partial charge in [0.05, 0.1) is 4.90 Å². The first-order valence-electron chi connectivity index (χ1n) is 5.84. The largest absolute Gasteiger partial charge is 0.501 e. The summed E-state index contributed by atoms with van der Waals surface area (Å²) in [6.45, 7) is 1.78. The fourth-order valence-electron chi connectivity index (χ4n) is 1.54. The maximum atomic E-state index is 12.4. The molecule has 0 spiro atoms. The monoisotopic (exact) mass is 395 g/mol. The zero-order chi connectivity index (χ0) is 16.5. The fraction of sp³-hybridized carbons (Fsp3) is 0.154. The molecule has 0 aliphatic rings. The predicted octanol–water partition coefficient (Wildman–Crippen LogP) is 4.24. The first-order valence-corrected chi connectivity index (χ1v) is 8.11. The lowest BCUT2D eigenvalue weighted by molar-refractivity contribution is -0.0436. The molecule has 0 amide bonds. The van der Waals surface area contributed by atoms with Crippen molar-refractivity contribution in [1.82, 2.24) is 4.98 Å². The summed E-state index contributed by atoms with van der Waals surface area (Å²) < 4.78 is 65.6. The molecule has 0 fully saturated rings. The van der Waals surface area contributed by atoms with Gasteiger partial charge in [-0.3, -0.25) is 0 Å². The molecule has 1 aromatic carbocycles. The van der Waals surface area contributed by atoms with Crippen molar-refractivity contribution in [3.8, 4) is 11.5 Å². The van der Waals surface area contributed by atoms with Crippen LogP contribution in [0.2, 0.25) is 0 Å². The molecule has 0 saturated heterocycles. The number of nitrogens with zero attached hydrogens (tertiary/aromatic N) is 1. The first kappa shape index (κ1) is 16.8. The van der Waals surface area contributed by atoms with Gasteiger partial charge in [0.15, 0.2) is 5.75 Å². The maximum absolute atomic E-state index is 12.4. The van der Waals surface area contributed by atoms with Gasteiger partial charge in [0.25, 0.3) is 9.84 Å². The molecule has 1 heterocycles. The molecule has 22 heavy (non-hydrogen) atoms. The third-order valence-corrected chi connectivity index (χ3v) is 4.69. The third kappa shape index (κ3) is 3.41. The molecule has 4 nitrogen and oxygen atoms in total. The molecule has 0 aliphatic carbocycles. The minimum absolute atomic E-state index is 0.187. The van der Waals surface area contributed by atoms with Crippen LogP contribution in [-0.2, 0) is 9.84 Å². The Morgan fingerprint density at radius 3 is 2.18 bits per heavy atom. The van der Waals surface area contributed by atoms with Crippen molar-refractivity contribution >= 4 is 25.8 Å². The molecule has 9 heteroatoms. The highest BCUT2D eigenvalue weighted by Gasteiger charge is 2.46. The molecule has 0 atom stereocenters. The molecule has 1 aromatic heterocycles. The number of hydrogen-bond donors (Lipinski definition) is 0. The summed E-state index contributed by atoms with van der Waals surface area (Å²) in [7, 11) is -5.36. The van der Waals surface area contributed by atoms with Gasteiger partial charge in [0, 0.05) is 5.69 Å². The van der Waals surface area contributed by atoms with Crippen molar-refractivity contribution < 1.29 is 26.3 Å². The van der Waals surface area contributed by atoms with E-state index in [9.17, 15) is 21.6 Å². The van der Waals surface area contributed by atoms with Crippen LogP contribution < -0.4 is 4.74 Å². The van der Waals surface area contributed by atoms with Crippen LogP contribution in [0.25, 0.3) is 0 Å². The van der Waals surface area contributed by atoms with E-state index in [2.05, 4.69) is 20.9 Å². The van der Waals surface area contributed by atoms with Gasteiger partial charge < -0.3 is 4.74 Å². The van der Waals surface area contributed by atoms with E-state index in [1.54, 1.807) is 19.1 Å². The van der Waals surface area contributed by atoms with Gasteiger partial charge in [0.2, 0.25) is 0 Å². The summed E-state index contributed by atoms with van der Waals surface area (Å²) in [6.07, 6.45) is 0. The molecule has 0 bridgehead atoms. The Bertz CT molecular complexity index is 789. The summed E-state index contributed by atoms with van der Waals surface area (Å²) in [4.78, 5) is 3.27. The zero-order valence-corrected chi connectivity index (χ0v) is 13.5. The summed E-state index contributed by atoms with van der Waals surface area (Å²) in [6, 6.07) is 7.30. The van der Waals surface area contributed by atoms with E-state index >= 15 is 0 Å². The molecular weight excluding hydrogens is 387 g/mol. The van der Waals surface area contributed by atoms with Gasteiger partial charge in [-0.1, -0.05) is 0 Å². The highest BCUT2D eigenvalue weighted by molar-refractivity contribution is 9.10. The Balaban J connectivity index is 2.27. The van der Waals surface area contributed by atoms with Crippen LogP contribution in [0.15, 0.2) is 45.9 Å². The Hall–Kier alpha value is -1.61. The third-order valence-electron chi connectivity index (χ3n) is 2.62. The van der Waals surface area contributed by atoms with Crippen LogP contribution in [0.1, 0.15) is 5.69 Å². The normalized spacial score (nSPS) is 12.2. The van der Waals surface area contributed by atoms with Crippen molar-refractivity contribution in [2.24, 2.45) is 0 Å². The SMILES string of the molecule is Cc1ccc(Oc2ccc(S(=O)(=O)C(F)(F)F)cc2)c(Br)n1. The summed E-state index contributed by atoms with van der Waals surface area (Å²) >= 11 is 3.20. The lowest BCUT2D eigenvalue weighted by Crippen LogP contribution is -2.23. The topological polar surface area (TPSA) is 56.3 Å². The number of benzene rings is 1. The van der Waals surface area contributed by atoms with E-state index in [1.807, 2.05) is 0 Å². The Morgan fingerprint density at radius 2 is 1.68 bits per heavy atom. The predicted molar refractivity (Wildman–Crippen MR) is 76.4 cm³/mol. The van der Waals surface area contributed by atoms with Crippen LogP contribution in [0.4, 0.5) is 13.2 Å². The molecule has 0 unspecified atom stereocenters. The average Bonchev–Trinajstić information content (AvgIpc) is 2.41. The molecule has 0 N–H and O–H groups in total. The van der Waals surface area contributed by atoms with Crippen LogP contribution in [0.3, 0.4) is 0 Å². The Kier molecular flexibility index (Phi) is 4.48. The highest BCUT2D eigenvalue weighted by Crippen LogP contribution is 2.33. The van der Waals surface area contributed by atoms with Gasteiger partial charge >= 0.3 is 5.51 Å². The van der Waals surface area contributed by atoms with Crippen molar-refractivity contribution in [1.29, 1.82) is 0 Å². The summed E-state index contributed by atoms with van der Waals surface area (Å²) in [5.74, 6) is 0.546. The minimum atomic E-state index is -5.36. The van der Waals surface area contributed by atoms with Crippen LogP contribution in [0.5, 0.6) is 11.5 Å². The van der Waals surface area contributed by atoms with Gasteiger partial charge in [-0.05, 0) is 59.3 Å². The van der Waals surface area contributed by atoms with E-state index in [-0.39, 0.29) is 5.75 Å². The number of hydrogen-bond acceptors (Lipinski definition) is 4. The summed E-state index contributed by atoms with van der Waals surface area (Å²) in [5.41, 5.74) is -4.58. The van der Waals surface area contributed by atoms with Crippen molar-refractivity contribution in [3.05, 3.63) is 46.7 Å².